The number of nitrogens with two attached hydrogens (primary N) is 3. The van der Waals surface area contributed by atoms with E-state index < -0.39 is 11.9 Å². The fourth-order valence-electron chi connectivity index (χ4n) is 1.67. The van der Waals surface area contributed by atoms with Gasteiger partial charge in [-0.1, -0.05) is 13.8 Å². The summed E-state index contributed by atoms with van der Waals surface area (Å²) in [6.07, 6.45) is 0.657. The quantitative estimate of drug-likeness (QED) is 0.576. The van der Waals surface area contributed by atoms with E-state index in [4.69, 9.17) is 17.2 Å². The number of carbonyl (C=O) groups is 1. The summed E-state index contributed by atoms with van der Waals surface area (Å²) >= 11 is 0. The number of rotatable bonds is 4. The zero-order valence-electron chi connectivity index (χ0n) is 8.92. The van der Waals surface area contributed by atoms with E-state index in [1.165, 1.54) is 0 Å². The van der Waals surface area contributed by atoms with Gasteiger partial charge in [0.2, 0.25) is 5.91 Å². The van der Waals surface area contributed by atoms with Gasteiger partial charge in [0.15, 0.2) is 0 Å². The molecular weight excluding hydrogens is 166 g/mol. The minimum Gasteiger partial charge on any atom is -0.368 e. The van der Waals surface area contributed by atoms with Crippen LogP contribution >= 0.6 is 0 Å². The van der Waals surface area contributed by atoms with Crippen LogP contribution in [0.3, 0.4) is 0 Å². The second-order valence-corrected chi connectivity index (χ2v) is 5.03. The summed E-state index contributed by atoms with van der Waals surface area (Å²) in [7, 11) is 0. The maximum Gasteiger partial charge on any atom is 0.234 e. The molecule has 13 heavy (non-hydrogen) atoms. The summed E-state index contributed by atoms with van der Waals surface area (Å²) in [5.41, 5.74) is 16.0. The van der Waals surface area contributed by atoms with E-state index in [-0.39, 0.29) is 11.0 Å². The zero-order valence-corrected chi connectivity index (χ0v) is 8.92. The Bertz CT molecular complexity index is 194. The fourth-order valence-corrected chi connectivity index (χ4v) is 1.67. The van der Waals surface area contributed by atoms with Crippen molar-refractivity contribution in [1.29, 1.82) is 0 Å². The molecule has 0 fully saturated rings. The van der Waals surface area contributed by atoms with Crippen LogP contribution in [0.25, 0.3) is 0 Å². The number of hydrogen-bond acceptors (Lipinski definition) is 3. The van der Waals surface area contributed by atoms with Crippen molar-refractivity contribution >= 4 is 5.91 Å². The molecule has 0 aliphatic carbocycles. The molecule has 1 amide bonds. The van der Waals surface area contributed by atoms with Gasteiger partial charge in [-0.2, -0.15) is 0 Å². The third-order valence-electron chi connectivity index (χ3n) is 2.06. The Balaban J connectivity index is 4.48. The van der Waals surface area contributed by atoms with Gasteiger partial charge in [0.05, 0.1) is 6.04 Å². The van der Waals surface area contributed by atoms with E-state index >= 15 is 0 Å². The van der Waals surface area contributed by atoms with E-state index in [9.17, 15) is 4.79 Å². The highest BCUT2D eigenvalue weighted by molar-refractivity contribution is 5.80. The molecule has 0 saturated carbocycles. The van der Waals surface area contributed by atoms with Crippen LogP contribution in [0.15, 0.2) is 0 Å². The van der Waals surface area contributed by atoms with Crippen LogP contribution in [0.4, 0.5) is 0 Å². The molecule has 0 saturated heterocycles. The third kappa shape index (κ3) is 4.24. The van der Waals surface area contributed by atoms with Gasteiger partial charge in [-0.15, -0.1) is 0 Å². The summed E-state index contributed by atoms with van der Waals surface area (Å²) in [4.78, 5) is 10.9. The molecule has 0 aliphatic rings. The van der Waals surface area contributed by atoms with Crippen LogP contribution in [0.1, 0.15) is 34.1 Å². The molecule has 0 aromatic heterocycles. The summed E-state index contributed by atoms with van der Waals surface area (Å²) < 4.78 is 0. The molecule has 4 heteroatoms. The molecule has 0 spiro atoms. The van der Waals surface area contributed by atoms with Crippen molar-refractivity contribution in [1.82, 2.24) is 0 Å². The highest BCUT2D eigenvalue weighted by Gasteiger charge is 2.34. The molecule has 78 valence electrons. The van der Waals surface area contributed by atoms with Gasteiger partial charge in [0.25, 0.3) is 0 Å². The molecular formula is C9H21N3O. The van der Waals surface area contributed by atoms with Crippen LogP contribution in [-0.2, 0) is 4.79 Å². The Kier molecular flexibility index (Phi) is 3.47. The first-order valence-corrected chi connectivity index (χ1v) is 4.40. The van der Waals surface area contributed by atoms with Crippen LogP contribution in [0.2, 0.25) is 0 Å². The first kappa shape index (κ1) is 12.4. The standard InChI is InChI=1S/C9H21N3O/c1-8(2,5-9(3,4)12)6(10)7(11)13/h6H,5,10,12H2,1-4H3,(H2,11,13). The first-order valence-electron chi connectivity index (χ1n) is 4.40. The maximum absolute atomic E-state index is 10.9. The lowest BCUT2D eigenvalue weighted by Gasteiger charge is -2.35. The zero-order chi connectivity index (χ0) is 10.9. The van der Waals surface area contributed by atoms with Crippen molar-refractivity contribution in [2.75, 3.05) is 0 Å². The van der Waals surface area contributed by atoms with Crippen molar-refractivity contribution in [3.63, 3.8) is 0 Å². The predicted molar refractivity (Wildman–Crippen MR) is 53.8 cm³/mol. The van der Waals surface area contributed by atoms with Gasteiger partial charge in [0.1, 0.15) is 0 Å². The Labute approximate surface area is 79.8 Å². The predicted octanol–water partition coefficient (Wildman–Crippen LogP) is -0.0474. The van der Waals surface area contributed by atoms with Crippen LogP contribution in [0.5, 0.6) is 0 Å². The monoisotopic (exact) mass is 187 g/mol. The summed E-state index contributed by atoms with van der Waals surface area (Å²) in [5, 5.41) is 0. The number of primary amides is 1. The molecule has 0 radical (unpaired) electrons. The molecule has 6 N–H and O–H groups in total. The maximum atomic E-state index is 10.9. The van der Waals surface area contributed by atoms with Crippen LogP contribution < -0.4 is 17.2 Å². The smallest absolute Gasteiger partial charge is 0.234 e. The molecule has 0 aliphatic heterocycles. The van der Waals surface area contributed by atoms with Crippen molar-refractivity contribution in [2.45, 2.75) is 45.7 Å². The number of hydrogen-bond donors (Lipinski definition) is 3. The lowest BCUT2D eigenvalue weighted by Crippen LogP contribution is -2.51. The largest absolute Gasteiger partial charge is 0.368 e. The minimum atomic E-state index is -0.643. The van der Waals surface area contributed by atoms with E-state index in [1.54, 1.807) is 0 Å². The van der Waals surface area contributed by atoms with Crippen molar-refractivity contribution < 1.29 is 4.79 Å². The lowest BCUT2D eigenvalue weighted by atomic mass is 9.75. The molecule has 1 atom stereocenters. The van der Waals surface area contributed by atoms with E-state index in [0.29, 0.717) is 6.42 Å². The molecule has 0 rings (SSSR count). The lowest BCUT2D eigenvalue weighted by molar-refractivity contribution is -0.121. The van der Waals surface area contributed by atoms with Crippen molar-refractivity contribution in [3.8, 4) is 0 Å². The average molecular weight is 187 g/mol. The van der Waals surface area contributed by atoms with Gasteiger partial charge >= 0.3 is 0 Å². The summed E-state index contributed by atoms with van der Waals surface area (Å²) in [5.74, 6) is -0.478. The van der Waals surface area contributed by atoms with Crippen molar-refractivity contribution in [2.24, 2.45) is 22.6 Å². The summed E-state index contributed by atoms with van der Waals surface area (Å²) in [6, 6.07) is -0.643. The minimum absolute atomic E-state index is 0.337. The Hall–Kier alpha value is -0.610. The highest BCUT2D eigenvalue weighted by Crippen LogP contribution is 2.28. The van der Waals surface area contributed by atoms with Gasteiger partial charge in [0, 0.05) is 5.54 Å². The van der Waals surface area contributed by atoms with Crippen LogP contribution in [-0.4, -0.2) is 17.5 Å². The molecule has 0 bridgehead atoms. The fraction of sp³-hybridized carbons (Fsp3) is 0.889. The summed E-state index contributed by atoms with van der Waals surface area (Å²) in [6.45, 7) is 7.61. The van der Waals surface area contributed by atoms with E-state index in [1.807, 2.05) is 27.7 Å². The molecule has 4 nitrogen and oxygen atoms in total. The Morgan fingerprint density at radius 2 is 1.69 bits per heavy atom. The number of amides is 1. The second-order valence-electron chi connectivity index (χ2n) is 5.03. The number of carbonyl (C=O) groups excluding carboxylic acids is 1. The molecule has 0 aromatic rings. The first-order chi connectivity index (χ1) is 5.56. The normalized spacial score (nSPS) is 15.5. The topological polar surface area (TPSA) is 95.1 Å². The van der Waals surface area contributed by atoms with E-state index in [2.05, 4.69) is 0 Å². The molecule has 1 unspecified atom stereocenters. The van der Waals surface area contributed by atoms with Crippen molar-refractivity contribution in [3.05, 3.63) is 0 Å². The van der Waals surface area contributed by atoms with Gasteiger partial charge in [-0.3, -0.25) is 4.79 Å². The highest BCUT2D eigenvalue weighted by atomic mass is 16.1. The van der Waals surface area contributed by atoms with Gasteiger partial charge in [-0.05, 0) is 25.7 Å². The third-order valence-corrected chi connectivity index (χ3v) is 2.06. The second kappa shape index (κ2) is 3.64. The average Bonchev–Trinajstić information content (AvgIpc) is 1.80. The molecule has 0 heterocycles. The Morgan fingerprint density at radius 3 is 1.92 bits per heavy atom. The van der Waals surface area contributed by atoms with E-state index in [0.717, 1.165) is 0 Å². The van der Waals surface area contributed by atoms with Gasteiger partial charge < -0.3 is 17.2 Å². The van der Waals surface area contributed by atoms with Crippen LogP contribution in [0, 0.1) is 5.41 Å². The molecule has 0 aromatic carbocycles. The van der Waals surface area contributed by atoms with Gasteiger partial charge in [-0.25, -0.2) is 0 Å². The SMILES string of the molecule is CC(C)(N)CC(C)(C)C(N)C(N)=O. The Morgan fingerprint density at radius 1 is 1.31 bits per heavy atom.